The summed E-state index contributed by atoms with van der Waals surface area (Å²) in [6.45, 7) is 4.86. The SMILES string of the molecule is CC(C)(C1CCCCC1N)C1CCCCC1N. The third kappa shape index (κ3) is 2.68. The van der Waals surface area contributed by atoms with Crippen molar-refractivity contribution >= 4 is 0 Å². The molecule has 17 heavy (non-hydrogen) atoms. The fourth-order valence-electron chi connectivity index (χ4n) is 4.44. The molecule has 4 unspecified atom stereocenters. The van der Waals surface area contributed by atoms with Gasteiger partial charge in [0.2, 0.25) is 0 Å². The number of hydrogen-bond acceptors (Lipinski definition) is 2. The molecular formula is C15H30N2. The van der Waals surface area contributed by atoms with Crippen molar-refractivity contribution in [2.75, 3.05) is 0 Å². The summed E-state index contributed by atoms with van der Waals surface area (Å²) < 4.78 is 0. The van der Waals surface area contributed by atoms with E-state index < -0.39 is 0 Å². The van der Waals surface area contributed by atoms with Gasteiger partial charge in [-0.05, 0) is 42.9 Å². The van der Waals surface area contributed by atoms with Crippen LogP contribution in [0, 0.1) is 17.3 Å². The van der Waals surface area contributed by atoms with Gasteiger partial charge in [-0.2, -0.15) is 0 Å². The summed E-state index contributed by atoms with van der Waals surface area (Å²) in [6.07, 6.45) is 10.4. The van der Waals surface area contributed by atoms with E-state index >= 15 is 0 Å². The van der Waals surface area contributed by atoms with Gasteiger partial charge in [-0.25, -0.2) is 0 Å². The first-order valence-electron chi connectivity index (χ1n) is 7.54. The summed E-state index contributed by atoms with van der Waals surface area (Å²) >= 11 is 0. The lowest BCUT2D eigenvalue weighted by Crippen LogP contribution is -2.51. The fraction of sp³-hybridized carbons (Fsp3) is 1.00. The largest absolute Gasteiger partial charge is 0.327 e. The standard InChI is InChI=1S/C15H30N2/c1-15(2,11-7-3-5-9-13(11)16)12-8-4-6-10-14(12)17/h11-14H,3-10,16-17H2,1-2H3. The van der Waals surface area contributed by atoms with E-state index in [-0.39, 0.29) is 0 Å². The Balaban J connectivity index is 2.09. The molecule has 2 nitrogen and oxygen atoms in total. The molecule has 0 saturated heterocycles. The highest BCUT2D eigenvalue weighted by molar-refractivity contribution is 4.96. The molecule has 0 aliphatic heterocycles. The van der Waals surface area contributed by atoms with E-state index in [9.17, 15) is 0 Å². The molecule has 0 aromatic carbocycles. The molecule has 0 heterocycles. The molecule has 2 saturated carbocycles. The molecule has 100 valence electrons. The maximum absolute atomic E-state index is 6.38. The zero-order valence-electron chi connectivity index (χ0n) is 11.6. The van der Waals surface area contributed by atoms with E-state index in [1.807, 2.05) is 0 Å². The maximum Gasteiger partial charge on any atom is 0.00723 e. The summed E-state index contributed by atoms with van der Waals surface area (Å²) in [6, 6.07) is 0.820. The van der Waals surface area contributed by atoms with Gasteiger partial charge >= 0.3 is 0 Å². The molecule has 0 spiro atoms. The van der Waals surface area contributed by atoms with Crippen molar-refractivity contribution in [1.29, 1.82) is 0 Å². The van der Waals surface area contributed by atoms with Crippen LogP contribution in [0.5, 0.6) is 0 Å². The van der Waals surface area contributed by atoms with Gasteiger partial charge < -0.3 is 11.5 Å². The van der Waals surface area contributed by atoms with Crippen LogP contribution in [0.25, 0.3) is 0 Å². The van der Waals surface area contributed by atoms with Gasteiger partial charge in [0.25, 0.3) is 0 Å². The van der Waals surface area contributed by atoms with Crippen LogP contribution < -0.4 is 11.5 Å². The summed E-state index contributed by atoms with van der Waals surface area (Å²) in [5.74, 6) is 1.37. The molecule has 2 fully saturated rings. The molecule has 0 aromatic heterocycles. The Kier molecular flexibility index (Phi) is 4.14. The van der Waals surface area contributed by atoms with Gasteiger partial charge in [-0.1, -0.05) is 39.5 Å². The average molecular weight is 238 g/mol. The van der Waals surface area contributed by atoms with E-state index in [2.05, 4.69) is 13.8 Å². The van der Waals surface area contributed by atoms with E-state index in [0.29, 0.717) is 29.3 Å². The highest BCUT2D eigenvalue weighted by atomic mass is 14.7. The van der Waals surface area contributed by atoms with Crippen molar-refractivity contribution in [1.82, 2.24) is 0 Å². The molecular weight excluding hydrogens is 208 g/mol. The Morgan fingerprint density at radius 3 is 1.41 bits per heavy atom. The molecule has 0 amide bonds. The second-order valence-electron chi connectivity index (χ2n) is 6.93. The normalized spacial score (nSPS) is 40.2. The van der Waals surface area contributed by atoms with Gasteiger partial charge in [0.05, 0.1) is 0 Å². The lowest BCUT2D eigenvalue weighted by atomic mass is 9.58. The Morgan fingerprint density at radius 1 is 0.706 bits per heavy atom. The van der Waals surface area contributed by atoms with E-state index in [1.165, 1.54) is 51.4 Å². The van der Waals surface area contributed by atoms with Crippen molar-refractivity contribution in [3.05, 3.63) is 0 Å². The van der Waals surface area contributed by atoms with Crippen molar-refractivity contribution in [2.45, 2.75) is 77.3 Å². The minimum atomic E-state index is 0.333. The van der Waals surface area contributed by atoms with Crippen LogP contribution >= 0.6 is 0 Å². The summed E-state index contributed by atoms with van der Waals surface area (Å²) in [5, 5.41) is 0. The molecule has 0 radical (unpaired) electrons. The zero-order chi connectivity index (χ0) is 12.5. The predicted molar refractivity (Wildman–Crippen MR) is 73.6 cm³/mol. The molecule has 2 heteroatoms. The Hall–Kier alpha value is -0.0800. The van der Waals surface area contributed by atoms with Gasteiger partial charge in [0.1, 0.15) is 0 Å². The topological polar surface area (TPSA) is 52.0 Å². The monoisotopic (exact) mass is 238 g/mol. The van der Waals surface area contributed by atoms with Crippen LogP contribution in [0.1, 0.15) is 65.2 Å². The lowest BCUT2D eigenvalue weighted by molar-refractivity contribution is 0.0346. The molecule has 4 atom stereocenters. The summed E-state index contributed by atoms with van der Waals surface area (Å²) in [4.78, 5) is 0. The quantitative estimate of drug-likeness (QED) is 0.777. The zero-order valence-corrected chi connectivity index (χ0v) is 11.6. The van der Waals surface area contributed by atoms with Crippen molar-refractivity contribution < 1.29 is 0 Å². The average Bonchev–Trinajstić information content (AvgIpc) is 2.29. The van der Waals surface area contributed by atoms with Crippen LogP contribution in [0.2, 0.25) is 0 Å². The van der Waals surface area contributed by atoms with Gasteiger partial charge in [-0.15, -0.1) is 0 Å². The van der Waals surface area contributed by atoms with E-state index in [4.69, 9.17) is 11.5 Å². The molecule has 0 aromatic rings. The second-order valence-corrected chi connectivity index (χ2v) is 6.93. The molecule has 2 rings (SSSR count). The molecule has 4 N–H and O–H groups in total. The van der Waals surface area contributed by atoms with Crippen molar-refractivity contribution in [3.63, 3.8) is 0 Å². The lowest BCUT2D eigenvalue weighted by Gasteiger charge is -2.49. The highest BCUT2D eigenvalue weighted by Gasteiger charge is 2.43. The van der Waals surface area contributed by atoms with Crippen LogP contribution in [0.3, 0.4) is 0 Å². The first kappa shape index (κ1) is 13.4. The molecule has 2 aliphatic rings. The second kappa shape index (κ2) is 5.27. The summed E-state index contributed by atoms with van der Waals surface area (Å²) in [5.41, 5.74) is 13.1. The highest BCUT2D eigenvalue weighted by Crippen LogP contribution is 2.47. The van der Waals surface area contributed by atoms with Gasteiger partial charge in [-0.3, -0.25) is 0 Å². The third-order valence-corrected chi connectivity index (χ3v) is 5.55. The number of rotatable bonds is 2. The van der Waals surface area contributed by atoms with Crippen LogP contribution in [-0.4, -0.2) is 12.1 Å². The smallest absolute Gasteiger partial charge is 0.00723 e. The van der Waals surface area contributed by atoms with Crippen LogP contribution in [0.15, 0.2) is 0 Å². The number of nitrogens with two attached hydrogens (primary N) is 2. The van der Waals surface area contributed by atoms with Crippen molar-refractivity contribution in [2.24, 2.45) is 28.7 Å². The molecule has 2 aliphatic carbocycles. The van der Waals surface area contributed by atoms with Crippen LogP contribution in [-0.2, 0) is 0 Å². The Labute approximate surface area is 107 Å². The van der Waals surface area contributed by atoms with Crippen LogP contribution in [0.4, 0.5) is 0 Å². The van der Waals surface area contributed by atoms with E-state index in [1.54, 1.807) is 0 Å². The first-order valence-corrected chi connectivity index (χ1v) is 7.54. The predicted octanol–water partition coefficient (Wildman–Crippen LogP) is 3.05. The minimum Gasteiger partial charge on any atom is -0.327 e. The maximum atomic E-state index is 6.38. The van der Waals surface area contributed by atoms with Crippen molar-refractivity contribution in [3.8, 4) is 0 Å². The first-order chi connectivity index (χ1) is 8.03. The Morgan fingerprint density at radius 2 is 1.06 bits per heavy atom. The van der Waals surface area contributed by atoms with Gasteiger partial charge in [0.15, 0.2) is 0 Å². The molecule has 0 bridgehead atoms. The minimum absolute atomic E-state index is 0.333. The third-order valence-electron chi connectivity index (χ3n) is 5.55. The fourth-order valence-corrected chi connectivity index (χ4v) is 4.44. The van der Waals surface area contributed by atoms with E-state index in [0.717, 1.165) is 0 Å². The summed E-state index contributed by atoms with van der Waals surface area (Å²) in [7, 11) is 0. The number of hydrogen-bond donors (Lipinski definition) is 2. The van der Waals surface area contributed by atoms with Gasteiger partial charge in [0, 0.05) is 12.1 Å². The Bertz CT molecular complexity index is 225.